The van der Waals surface area contributed by atoms with Gasteiger partial charge in [-0.2, -0.15) is 0 Å². The van der Waals surface area contributed by atoms with Gasteiger partial charge in [-0.05, 0) is 50.0 Å². The van der Waals surface area contributed by atoms with Gasteiger partial charge in [-0.1, -0.05) is 13.8 Å². The first-order valence-corrected chi connectivity index (χ1v) is 8.23. The zero-order valence-corrected chi connectivity index (χ0v) is 13.2. The summed E-state index contributed by atoms with van der Waals surface area (Å²) in [7, 11) is 0. The van der Waals surface area contributed by atoms with Gasteiger partial charge in [-0.3, -0.25) is 9.59 Å². The Morgan fingerprint density at radius 2 is 2.10 bits per heavy atom. The second kappa shape index (κ2) is 7.25. The molecule has 0 bridgehead atoms. The number of likely N-dealkylation sites (tertiary alicyclic amines) is 1. The van der Waals surface area contributed by atoms with Crippen molar-refractivity contribution in [3.63, 3.8) is 0 Å². The fourth-order valence-corrected chi connectivity index (χ4v) is 3.69. The zero-order chi connectivity index (χ0) is 15.4. The smallest absolute Gasteiger partial charge is 0.303 e. The van der Waals surface area contributed by atoms with E-state index < -0.39 is 5.97 Å². The number of aliphatic carboxylic acids is 1. The van der Waals surface area contributed by atoms with Crippen LogP contribution >= 0.6 is 0 Å². The van der Waals surface area contributed by atoms with E-state index in [-0.39, 0.29) is 24.3 Å². The normalized spacial score (nSPS) is 31.7. The quantitative estimate of drug-likeness (QED) is 0.829. The molecular formula is C16H28N2O3. The van der Waals surface area contributed by atoms with E-state index in [1.54, 1.807) is 0 Å². The number of amides is 1. The highest BCUT2D eigenvalue weighted by molar-refractivity contribution is 5.82. The van der Waals surface area contributed by atoms with Crippen LogP contribution in [0.3, 0.4) is 0 Å². The Bertz CT molecular complexity index is 386. The van der Waals surface area contributed by atoms with E-state index in [1.807, 2.05) is 11.8 Å². The molecule has 0 spiro atoms. The van der Waals surface area contributed by atoms with E-state index in [2.05, 4.69) is 12.2 Å². The predicted octanol–water partition coefficient (Wildman–Crippen LogP) is 1.72. The van der Waals surface area contributed by atoms with Gasteiger partial charge in [0.2, 0.25) is 5.91 Å². The van der Waals surface area contributed by atoms with Gasteiger partial charge in [0.05, 0.1) is 6.04 Å². The first-order chi connectivity index (χ1) is 9.99. The number of carboxylic acids is 1. The summed E-state index contributed by atoms with van der Waals surface area (Å²) >= 11 is 0. The molecule has 0 radical (unpaired) electrons. The third-order valence-electron chi connectivity index (χ3n) is 5.11. The van der Waals surface area contributed by atoms with Gasteiger partial charge in [0.15, 0.2) is 0 Å². The van der Waals surface area contributed by atoms with Crippen LogP contribution < -0.4 is 5.32 Å². The summed E-state index contributed by atoms with van der Waals surface area (Å²) in [5.41, 5.74) is 0. The molecule has 0 aromatic rings. The molecule has 2 fully saturated rings. The van der Waals surface area contributed by atoms with Crippen molar-refractivity contribution < 1.29 is 14.7 Å². The Hall–Kier alpha value is -1.10. The highest BCUT2D eigenvalue weighted by Crippen LogP contribution is 2.27. The van der Waals surface area contributed by atoms with E-state index in [9.17, 15) is 9.59 Å². The molecule has 2 N–H and O–H groups in total. The fourth-order valence-electron chi connectivity index (χ4n) is 3.69. The maximum atomic E-state index is 12.7. The van der Waals surface area contributed by atoms with E-state index in [0.717, 1.165) is 45.3 Å². The lowest BCUT2D eigenvalue weighted by atomic mass is 9.84. The van der Waals surface area contributed by atoms with Crippen LogP contribution in [0.2, 0.25) is 0 Å². The molecule has 4 unspecified atom stereocenters. The highest BCUT2D eigenvalue weighted by Gasteiger charge is 2.34. The maximum Gasteiger partial charge on any atom is 0.303 e. The zero-order valence-electron chi connectivity index (χ0n) is 13.2. The van der Waals surface area contributed by atoms with Crippen molar-refractivity contribution in [2.24, 2.45) is 17.8 Å². The number of nitrogens with zero attached hydrogens (tertiary/aromatic N) is 1. The second-order valence-electron chi connectivity index (χ2n) is 6.81. The van der Waals surface area contributed by atoms with Crippen LogP contribution in [0.5, 0.6) is 0 Å². The summed E-state index contributed by atoms with van der Waals surface area (Å²) in [5, 5.41) is 12.3. The summed E-state index contributed by atoms with van der Waals surface area (Å²) < 4.78 is 0. The van der Waals surface area contributed by atoms with Crippen molar-refractivity contribution in [2.75, 3.05) is 19.6 Å². The molecular weight excluding hydrogens is 268 g/mol. The predicted molar refractivity (Wildman–Crippen MR) is 80.9 cm³/mol. The Kier molecular flexibility index (Phi) is 5.62. The van der Waals surface area contributed by atoms with Gasteiger partial charge in [0, 0.05) is 19.5 Å². The largest absolute Gasteiger partial charge is 0.481 e. The van der Waals surface area contributed by atoms with Crippen LogP contribution in [-0.2, 0) is 9.59 Å². The third kappa shape index (κ3) is 4.19. The lowest BCUT2D eigenvalue weighted by Crippen LogP contribution is -2.54. The van der Waals surface area contributed by atoms with E-state index in [0.29, 0.717) is 11.8 Å². The summed E-state index contributed by atoms with van der Waals surface area (Å²) in [6.45, 7) is 6.60. The minimum absolute atomic E-state index is 0.0488. The molecule has 1 amide bonds. The molecule has 5 heteroatoms. The molecule has 0 aromatic heterocycles. The molecule has 0 aliphatic carbocycles. The summed E-state index contributed by atoms with van der Waals surface area (Å²) in [6, 6.07) is -0.0488. The Morgan fingerprint density at radius 3 is 2.76 bits per heavy atom. The molecule has 0 aromatic carbocycles. The number of rotatable bonds is 4. The molecule has 2 aliphatic rings. The van der Waals surface area contributed by atoms with Crippen LogP contribution in [0, 0.1) is 17.8 Å². The second-order valence-corrected chi connectivity index (χ2v) is 6.81. The summed E-state index contributed by atoms with van der Waals surface area (Å²) in [4.78, 5) is 25.5. The SMILES string of the molecule is CC(CC(=O)O)C1CCCN(C(=O)C2NCCCC2C)C1. The van der Waals surface area contributed by atoms with Crippen molar-refractivity contribution in [3.05, 3.63) is 0 Å². The maximum absolute atomic E-state index is 12.7. The number of nitrogens with one attached hydrogen (secondary N) is 1. The summed E-state index contributed by atoms with van der Waals surface area (Å²) in [5.74, 6) is 0.318. The molecule has 0 saturated carbocycles. The van der Waals surface area contributed by atoms with Crippen molar-refractivity contribution in [1.29, 1.82) is 0 Å². The standard InChI is InChI=1S/C16H28N2O3/c1-11-5-3-7-17-15(11)16(21)18-8-4-6-13(10-18)12(2)9-14(19)20/h11-13,15,17H,3-10H2,1-2H3,(H,19,20). The van der Waals surface area contributed by atoms with Gasteiger partial charge in [0.25, 0.3) is 0 Å². The van der Waals surface area contributed by atoms with Gasteiger partial charge >= 0.3 is 5.97 Å². The molecule has 4 atom stereocenters. The van der Waals surface area contributed by atoms with Crippen LogP contribution in [0.1, 0.15) is 46.0 Å². The van der Waals surface area contributed by atoms with Gasteiger partial charge in [0.1, 0.15) is 0 Å². The van der Waals surface area contributed by atoms with Crippen molar-refractivity contribution in [3.8, 4) is 0 Å². The highest BCUT2D eigenvalue weighted by atomic mass is 16.4. The minimum Gasteiger partial charge on any atom is -0.481 e. The van der Waals surface area contributed by atoms with Gasteiger partial charge in [-0.15, -0.1) is 0 Å². The average molecular weight is 296 g/mol. The first-order valence-electron chi connectivity index (χ1n) is 8.23. The van der Waals surface area contributed by atoms with Crippen LogP contribution in [0.4, 0.5) is 0 Å². The monoisotopic (exact) mass is 296 g/mol. The molecule has 2 aliphatic heterocycles. The lowest BCUT2D eigenvalue weighted by molar-refractivity contribution is -0.139. The van der Waals surface area contributed by atoms with Crippen LogP contribution in [0.25, 0.3) is 0 Å². The van der Waals surface area contributed by atoms with E-state index >= 15 is 0 Å². The fraction of sp³-hybridized carbons (Fsp3) is 0.875. The minimum atomic E-state index is -0.742. The number of piperidine rings is 2. The Balaban J connectivity index is 1.93. The van der Waals surface area contributed by atoms with Crippen molar-refractivity contribution in [2.45, 2.75) is 52.0 Å². The van der Waals surface area contributed by atoms with Crippen LogP contribution in [-0.4, -0.2) is 47.6 Å². The number of carbonyl (C=O) groups is 2. The first kappa shape index (κ1) is 16.3. The number of hydrogen-bond donors (Lipinski definition) is 2. The molecule has 21 heavy (non-hydrogen) atoms. The average Bonchev–Trinajstić information content (AvgIpc) is 2.46. The Morgan fingerprint density at radius 1 is 1.33 bits per heavy atom. The van der Waals surface area contributed by atoms with Gasteiger partial charge < -0.3 is 15.3 Å². The molecule has 120 valence electrons. The number of hydrogen-bond acceptors (Lipinski definition) is 3. The topological polar surface area (TPSA) is 69.6 Å². The summed E-state index contributed by atoms with van der Waals surface area (Å²) in [6.07, 6.45) is 4.47. The van der Waals surface area contributed by atoms with E-state index in [1.165, 1.54) is 0 Å². The lowest BCUT2D eigenvalue weighted by Gasteiger charge is -2.39. The van der Waals surface area contributed by atoms with Crippen molar-refractivity contribution in [1.82, 2.24) is 10.2 Å². The van der Waals surface area contributed by atoms with E-state index in [4.69, 9.17) is 5.11 Å². The Labute approximate surface area is 127 Å². The third-order valence-corrected chi connectivity index (χ3v) is 5.11. The molecule has 2 heterocycles. The molecule has 5 nitrogen and oxygen atoms in total. The van der Waals surface area contributed by atoms with Crippen molar-refractivity contribution >= 4 is 11.9 Å². The molecule has 2 saturated heterocycles. The number of carbonyl (C=O) groups excluding carboxylic acids is 1. The number of carboxylic acid groups (broad SMARTS) is 1. The van der Waals surface area contributed by atoms with Gasteiger partial charge in [-0.25, -0.2) is 0 Å². The molecule has 2 rings (SSSR count). The van der Waals surface area contributed by atoms with Crippen LogP contribution in [0.15, 0.2) is 0 Å².